The van der Waals surface area contributed by atoms with Crippen LogP contribution in [0.25, 0.3) is 0 Å². The maximum atomic E-state index is 5.39. The SMILES string of the molecule is CCCNC(=NC)NCC(C)(C)c1ccc(OC)c(OC)c1. The van der Waals surface area contributed by atoms with Gasteiger partial charge in [-0.25, -0.2) is 0 Å². The first kappa shape index (κ1) is 18.1. The van der Waals surface area contributed by atoms with E-state index in [4.69, 9.17) is 9.47 Å². The monoisotopic (exact) mass is 307 g/mol. The molecule has 0 aromatic heterocycles. The highest BCUT2D eigenvalue weighted by Crippen LogP contribution is 2.32. The fourth-order valence-corrected chi connectivity index (χ4v) is 2.13. The third-order valence-electron chi connectivity index (χ3n) is 3.63. The minimum absolute atomic E-state index is 0.0661. The van der Waals surface area contributed by atoms with Gasteiger partial charge in [-0.3, -0.25) is 4.99 Å². The van der Waals surface area contributed by atoms with E-state index in [1.54, 1.807) is 21.3 Å². The van der Waals surface area contributed by atoms with Crippen molar-refractivity contribution in [1.29, 1.82) is 0 Å². The summed E-state index contributed by atoms with van der Waals surface area (Å²) in [6, 6.07) is 6.05. The third kappa shape index (κ3) is 4.83. The third-order valence-corrected chi connectivity index (χ3v) is 3.63. The van der Waals surface area contributed by atoms with Crippen molar-refractivity contribution in [2.75, 3.05) is 34.4 Å². The maximum absolute atomic E-state index is 5.39. The summed E-state index contributed by atoms with van der Waals surface area (Å²) in [4.78, 5) is 4.23. The molecule has 1 aromatic rings. The number of ether oxygens (including phenoxy) is 2. The van der Waals surface area contributed by atoms with Gasteiger partial charge in [-0.15, -0.1) is 0 Å². The molecule has 0 heterocycles. The fraction of sp³-hybridized carbons (Fsp3) is 0.588. The fourth-order valence-electron chi connectivity index (χ4n) is 2.13. The molecule has 5 nitrogen and oxygen atoms in total. The van der Waals surface area contributed by atoms with Gasteiger partial charge in [0, 0.05) is 25.6 Å². The number of hydrogen-bond donors (Lipinski definition) is 2. The van der Waals surface area contributed by atoms with Gasteiger partial charge in [-0.2, -0.15) is 0 Å². The second kappa shape index (κ2) is 8.51. The molecule has 0 aliphatic heterocycles. The molecule has 1 rings (SSSR count). The molecule has 0 unspecified atom stereocenters. The first-order valence-corrected chi connectivity index (χ1v) is 7.65. The molecular weight excluding hydrogens is 278 g/mol. The Morgan fingerprint density at radius 2 is 1.82 bits per heavy atom. The minimum Gasteiger partial charge on any atom is -0.493 e. The van der Waals surface area contributed by atoms with Crippen molar-refractivity contribution in [3.63, 3.8) is 0 Å². The zero-order valence-corrected chi connectivity index (χ0v) is 14.6. The van der Waals surface area contributed by atoms with E-state index in [2.05, 4.69) is 42.5 Å². The van der Waals surface area contributed by atoms with Gasteiger partial charge in [0.05, 0.1) is 14.2 Å². The van der Waals surface area contributed by atoms with E-state index in [0.717, 1.165) is 37.0 Å². The lowest BCUT2D eigenvalue weighted by atomic mass is 9.84. The van der Waals surface area contributed by atoms with Crippen molar-refractivity contribution in [3.05, 3.63) is 23.8 Å². The summed E-state index contributed by atoms with van der Waals surface area (Å²) in [5.41, 5.74) is 1.12. The molecule has 0 fully saturated rings. The maximum Gasteiger partial charge on any atom is 0.191 e. The Labute approximate surface area is 134 Å². The van der Waals surface area contributed by atoms with Crippen molar-refractivity contribution < 1.29 is 9.47 Å². The molecule has 0 saturated heterocycles. The summed E-state index contributed by atoms with van der Waals surface area (Å²) >= 11 is 0. The number of aliphatic imine (C=N–C) groups is 1. The topological polar surface area (TPSA) is 54.9 Å². The average Bonchev–Trinajstić information content (AvgIpc) is 2.54. The van der Waals surface area contributed by atoms with Crippen LogP contribution in [0.15, 0.2) is 23.2 Å². The van der Waals surface area contributed by atoms with Crippen LogP contribution in [0.3, 0.4) is 0 Å². The number of nitrogens with one attached hydrogen (secondary N) is 2. The number of hydrogen-bond acceptors (Lipinski definition) is 3. The summed E-state index contributed by atoms with van der Waals surface area (Å²) in [6.45, 7) is 8.19. The Bertz CT molecular complexity index is 499. The van der Waals surface area contributed by atoms with E-state index in [9.17, 15) is 0 Å². The molecule has 0 amide bonds. The molecule has 0 bridgehead atoms. The van der Waals surface area contributed by atoms with Crippen molar-refractivity contribution in [2.45, 2.75) is 32.6 Å². The van der Waals surface area contributed by atoms with Crippen LogP contribution >= 0.6 is 0 Å². The summed E-state index contributed by atoms with van der Waals surface area (Å²) in [7, 11) is 5.09. The van der Waals surface area contributed by atoms with Gasteiger partial charge in [0.1, 0.15) is 0 Å². The molecule has 5 heteroatoms. The van der Waals surface area contributed by atoms with E-state index in [0.29, 0.717) is 0 Å². The molecule has 0 aliphatic rings. The number of methoxy groups -OCH3 is 2. The smallest absolute Gasteiger partial charge is 0.191 e. The minimum atomic E-state index is -0.0661. The van der Waals surface area contributed by atoms with E-state index in [1.165, 1.54) is 5.56 Å². The molecule has 22 heavy (non-hydrogen) atoms. The van der Waals surface area contributed by atoms with Crippen LogP contribution in [0.4, 0.5) is 0 Å². The molecule has 1 aromatic carbocycles. The summed E-state index contributed by atoms with van der Waals surface area (Å²) in [5.74, 6) is 2.33. The van der Waals surface area contributed by atoms with Crippen LogP contribution in [0.1, 0.15) is 32.8 Å². The van der Waals surface area contributed by atoms with Gasteiger partial charge < -0.3 is 20.1 Å². The van der Waals surface area contributed by atoms with Crippen LogP contribution < -0.4 is 20.1 Å². The first-order chi connectivity index (χ1) is 10.5. The van der Waals surface area contributed by atoms with Gasteiger partial charge in [-0.05, 0) is 24.1 Å². The zero-order valence-electron chi connectivity index (χ0n) is 14.6. The average molecular weight is 307 g/mol. The van der Waals surface area contributed by atoms with E-state index < -0.39 is 0 Å². The van der Waals surface area contributed by atoms with Crippen molar-refractivity contribution in [2.24, 2.45) is 4.99 Å². The largest absolute Gasteiger partial charge is 0.493 e. The molecule has 2 N–H and O–H groups in total. The van der Waals surface area contributed by atoms with Gasteiger partial charge in [0.25, 0.3) is 0 Å². The highest BCUT2D eigenvalue weighted by Gasteiger charge is 2.22. The van der Waals surface area contributed by atoms with Crippen LogP contribution in [-0.4, -0.2) is 40.3 Å². The molecule has 0 saturated carbocycles. The molecule has 0 aliphatic carbocycles. The van der Waals surface area contributed by atoms with E-state index >= 15 is 0 Å². The molecule has 0 radical (unpaired) electrons. The lowest BCUT2D eigenvalue weighted by Gasteiger charge is -2.27. The van der Waals surface area contributed by atoms with Crippen LogP contribution in [-0.2, 0) is 5.41 Å². The lowest BCUT2D eigenvalue weighted by Crippen LogP contribution is -2.43. The number of nitrogens with zero attached hydrogens (tertiary/aromatic N) is 1. The number of benzene rings is 1. The highest BCUT2D eigenvalue weighted by molar-refractivity contribution is 5.79. The van der Waals surface area contributed by atoms with Gasteiger partial charge in [0.2, 0.25) is 0 Å². The lowest BCUT2D eigenvalue weighted by molar-refractivity contribution is 0.353. The van der Waals surface area contributed by atoms with Crippen LogP contribution in [0.5, 0.6) is 11.5 Å². The van der Waals surface area contributed by atoms with Crippen LogP contribution in [0.2, 0.25) is 0 Å². The highest BCUT2D eigenvalue weighted by atomic mass is 16.5. The van der Waals surface area contributed by atoms with Crippen molar-refractivity contribution in [3.8, 4) is 11.5 Å². The summed E-state index contributed by atoms with van der Waals surface area (Å²) in [5, 5.41) is 6.65. The quantitative estimate of drug-likeness (QED) is 0.600. The standard InChI is InChI=1S/C17H29N3O2/c1-7-10-19-16(18-4)20-12-17(2,3)13-8-9-14(21-5)15(11-13)22-6/h8-9,11H,7,10,12H2,1-6H3,(H2,18,19,20). The second-order valence-corrected chi connectivity index (χ2v) is 5.81. The molecule has 0 spiro atoms. The Hall–Kier alpha value is -1.91. The molecule has 0 atom stereocenters. The predicted octanol–water partition coefficient (Wildman–Crippen LogP) is 2.56. The number of guanidine groups is 1. The Morgan fingerprint density at radius 1 is 1.14 bits per heavy atom. The Morgan fingerprint density at radius 3 is 2.36 bits per heavy atom. The van der Waals surface area contributed by atoms with Gasteiger partial charge in [0.15, 0.2) is 17.5 Å². The normalized spacial score (nSPS) is 12.0. The van der Waals surface area contributed by atoms with E-state index in [-0.39, 0.29) is 5.41 Å². The molecule has 124 valence electrons. The summed E-state index contributed by atoms with van der Waals surface area (Å²) in [6.07, 6.45) is 1.07. The first-order valence-electron chi connectivity index (χ1n) is 7.65. The van der Waals surface area contributed by atoms with Gasteiger partial charge >= 0.3 is 0 Å². The Balaban J connectivity index is 2.81. The number of rotatable bonds is 7. The van der Waals surface area contributed by atoms with E-state index in [1.807, 2.05) is 12.1 Å². The predicted molar refractivity (Wildman–Crippen MR) is 92.2 cm³/mol. The molecular formula is C17H29N3O2. The second-order valence-electron chi connectivity index (χ2n) is 5.81. The zero-order chi connectivity index (χ0) is 16.6. The summed E-state index contributed by atoms with van der Waals surface area (Å²) < 4.78 is 10.7. The Kier molecular flexibility index (Phi) is 7.02. The van der Waals surface area contributed by atoms with Gasteiger partial charge in [-0.1, -0.05) is 26.8 Å². The van der Waals surface area contributed by atoms with Crippen molar-refractivity contribution in [1.82, 2.24) is 10.6 Å². The van der Waals surface area contributed by atoms with Crippen molar-refractivity contribution >= 4 is 5.96 Å². The van der Waals surface area contributed by atoms with Crippen LogP contribution in [0, 0.1) is 0 Å².